The Hall–Kier alpha value is -2.86. The lowest BCUT2D eigenvalue weighted by molar-refractivity contribution is 0.292. The Morgan fingerprint density at radius 2 is 1.56 bits per heavy atom. The monoisotopic (exact) mass is 363 g/mol. The van der Waals surface area contributed by atoms with Gasteiger partial charge in [0.25, 0.3) is 0 Å². The minimum atomic E-state index is 0.171. The number of fused-ring (bicyclic) bond motifs is 1. The van der Waals surface area contributed by atoms with Gasteiger partial charge in [-0.25, -0.2) is 4.98 Å². The maximum Gasteiger partial charge on any atom is 0.228 e. The van der Waals surface area contributed by atoms with Gasteiger partial charge < -0.3 is 20.2 Å². The highest BCUT2D eigenvalue weighted by Gasteiger charge is 2.20. The van der Waals surface area contributed by atoms with Crippen molar-refractivity contribution in [3.63, 3.8) is 0 Å². The maximum atomic E-state index is 9.05. The molecule has 0 aliphatic carbocycles. The Kier molecular flexibility index (Phi) is 5.34. The summed E-state index contributed by atoms with van der Waals surface area (Å²) in [5, 5.41) is 13.4. The molecule has 2 heterocycles. The Labute approximate surface area is 159 Å². The molecule has 6 nitrogen and oxygen atoms in total. The van der Waals surface area contributed by atoms with Crippen molar-refractivity contribution in [1.29, 1.82) is 0 Å². The number of nitrogens with zero attached hydrogens (tertiary/aromatic N) is 4. The predicted octanol–water partition coefficient (Wildman–Crippen LogP) is 2.75. The Morgan fingerprint density at radius 1 is 0.852 bits per heavy atom. The average molecular weight is 363 g/mol. The van der Waals surface area contributed by atoms with Crippen molar-refractivity contribution < 1.29 is 5.11 Å². The van der Waals surface area contributed by atoms with Crippen LogP contribution < -0.4 is 15.1 Å². The normalized spacial score (nSPS) is 14.6. The van der Waals surface area contributed by atoms with Crippen LogP contribution >= 0.6 is 0 Å². The number of piperazine rings is 1. The summed E-state index contributed by atoms with van der Waals surface area (Å²) in [5.74, 6) is 1.61. The molecule has 140 valence electrons. The van der Waals surface area contributed by atoms with Crippen LogP contribution in [0.3, 0.4) is 0 Å². The minimum Gasteiger partial charge on any atom is -0.396 e. The zero-order chi connectivity index (χ0) is 18.5. The third-order valence-corrected chi connectivity index (χ3v) is 4.90. The van der Waals surface area contributed by atoms with Gasteiger partial charge in [0.1, 0.15) is 5.82 Å². The first kappa shape index (κ1) is 17.5. The number of nitrogens with one attached hydrogen (secondary N) is 1. The molecule has 0 amide bonds. The fourth-order valence-electron chi connectivity index (χ4n) is 3.43. The average Bonchev–Trinajstić information content (AvgIpc) is 2.74. The summed E-state index contributed by atoms with van der Waals surface area (Å²) in [4.78, 5) is 14.2. The van der Waals surface area contributed by atoms with Crippen LogP contribution in [-0.4, -0.2) is 54.4 Å². The van der Waals surface area contributed by atoms with E-state index in [4.69, 9.17) is 15.1 Å². The first-order valence-corrected chi connectivity index (χ1v) is 9.51. The lowest BCUT2D eigenvalue weighted by Gasteiger charge is -2.36. The largest absolute Gasteiger partial charge is 0.396 e. The second-order valence-corrected chi connectivity index (χ2v) is 6.70. The molecule has 0 spiro atoms. The topological polar surface area (TPSA) is 64.5 Å². The molecular weight excluding hydrogens is 338 g/mol. The lowest BCUT2D eigenvalue weighted by Crippen LogP contribution is -2.47. The quantitative estimate of drug-likeness (QED) is 0.657. The molecule has 3 aromatic rings. The highest BCUT2D eigenvalue weighted by molar-refractivity contribution is 5.90. The first-order chi connectivity index (χ1) is 13.3. The van der Waals surface area contributed by atoms with Gasteiger partial charge in [0.2, 0.25) is 5.95 Å². The standard InChI is InChI=1S/C21H25N5O/c27-16-6-11-22-20-18-9-4-5-10-19(18)23-21(24-20)26-14-12-25(13-15-26)17-7-2-1-3-8-17/h1-5,7-10,27H,6,11-16H2,(H,22,23,24). The van der Waals surface area contributed by atoms with Gasteiger partial charge in [-0.15, -0.1) is 0 Å². The van der Waals surface area contributed by atoms with Gasteiger partial charge >= 0.3 is 0 Å². The molecule has 6 heteroatoms. The zero-order valence-electron chi connectivity index (χ0n) is 15.4. The van der Waals surface area contributed by atoms with Gasteiger partial charge in [-0.2, -0.15) is 4.98 Å². The van der Waals surface area contributed by atoms with Crippen LogP contribution in [0.15, 0.2) is 54.6 Å². The van der Waals surface area contributed by atoms with Crippen molar-refractivity contribution in [2.75, 3.05) is 54.4 Å². The van der Waals surface area contributed by atoms with E-state index in [1.807, 2.05) is 30.3 Å². The van der Waals surface area contributed by atoms with E-state index in [1.165, 1.54) is 5.69 Å². The smallest absolute Gasteiger partial charge is 0.228 e. The lowest BCUT2D eigenvalue weighted by atomic mass is 10.2. The molecule has 2 aromatic carbocycles. The van der Waals surface area contributed by atoms with E-state index in [9.17, 15) is 0 Å². The summed E-state index contributed by atoms with van der Waals surface area (Å²) in [6.45, 7) is 4.55. The molecular formula is C21H25N5O. The summed E-state index contributed by atoms with van der Waals surface area (Å²) in [5.41, 5.74) is 2.21. The molecule has 0 unspecified atom stereocenters. The van der Waals surface area contributed by atoms with E-state index in [1.54, 1.807) is 0 Å². The highest BCUT2D eigenvalue weighted by atomic mass is 16.3. The van der Waals surface area contributed by atoms with Crippen LogP contribution in [0.25, 0.3) is 10.9 Å². The van der Waals surface area contributed by atoms with E-state index >= 15 is 0 Å². The van der Waals surface area contributed by atoms with Gasteiger partial charge in [-0.3, -0.25) is 0 Å². The molecule has 0 atom stereocenters. The van der Waals surface area contributed by atoms with Crippen LogP contribution in [0.2, 0.25) is 0 Å². The van der Waals surface area contributed by atoms with Gasteiger partial charge in [-0.05, 0) is 30.7 Å². The van der Waals surface area contributed by atoms with Crippen molar-refractivity contribution in [2.24, 2.45) is 0 Å². The van der Waals surface area contributed by atoms with Crippen LogP contribution in [0.4, 0.5) is 17.5 Å². The summed E-state index contributed by atoms with van der Waals surface area (Å²) >= 11 is 0. The van der Waals surface area contributed by atoms with E-state index in [2.05, 4.69) is 39.4 Å². The van der Waals surface area contributed by atoms with Crippen LogP contribution in [0.1, 0.15) is 6.42 Å². The molecule has 0 radical (unpaired) electrons. The molecule has 27 heavy (non-hydrogen) atoms. The Morgan fingerprint density at radius 3 is 2.33 bits per heavy atom. The number of rotatable bonds is 6. The van der Waals surface area contributed by atoms with Gasteiger partial charge in [-0.1, -0.05) is 30.3 Å². The number of aliphatic hydroxyl groups excluding tert-OH is 1. The molecule has 1 aromatic heterocycles. The first-order valence-electron chi connectivity index (χ1n) is 9.51. The number of hydrogen-bond acceptors (Lipinski definition) is 6. The van der Waals surface area contributed by atoms with Crippen LogP contribution in [-0.2, 0) is 0 Å². The molecule has 1 fully saturated rings. The number of anilines is 3. The van der Waals surface area contributed by atoms with Crippen LogP contribution in [0.5, 0.6) is 0 Å². The Balaban J connectivity index is 1.53. The Bertz CT molecular complexity index is 878. The molecule has 2 N–H and O–H groups in total. The fourth-order valence-corrected chi connectivity index (χ4v) is 3.43. The van der Waals surface area contributed by atoms with Crippen LogP contribution in [0, 0.1) is 0 Å². The third-order valence-electron chi connectivity index (χ3n) is 4.90. The summed E-state index contributed by atoms with van der Waals surface area (Å²) in [6, 6.07) is 18.6. The zero-order valence-corrected chi connectivity index (χ0v) is 15.4. The molecule has 1 saturated heterocycles. The minimum absolute atomic E-state index is 0.171. The van der Waals surface area contributed by atoms with Gasteiger partial charge in [0, 0.05) is 50.4 Å². The molecule has 1 aliphatic rings. The predicted molar refractivity (Wildman–Crippen MR) is 111 cm³/mol. The number of aromatic nitrogens is 2. The van der Waals surface area contributed by atoms with Crippen molar-refractivity contribution in [2.45, 2.75) is 6.42 Å². The number of para-hydroxylation sites is 2. The summed E-state index contributed by atoms with van der Waals surface area (Å²) in [7, 11) is 0. The molecule has 4 rings (SSSR count). The third kappa shape index (κ3) is 3.95. The second-order valence-electron chi connectivity index (χ2n) is 6.70. The number of benzene rings is 2. The van der Waals surface area contributed by atoms with Crippen molar-refractivity contribution >= 4 is 28.4 Å². The fraction of sp³-hybridized carbons (Fsp3) is 0.333. The summed E-state index contributed by atoms with van der Waals surface area (Å²) < 4.78 is 0. The van der Waals surface area contributed by atoms with Gasteiger partial charge in [0.05, 0.1) is 5.52 Å². The second kappa shape index (κ2) is 8.22. The van der Waals surface area contributed by atoms with E-state index < -0.39 is 0 Å². The number of aliphatic hydroxyl groups is 1. The van der Waals surface area contributed by atoms with Gasteiger partial charge in [0.15, 0.2) is 0 Å². The van der Waals surface area contributed by atoms with Crippen molar-refractivity contribution in [3.8, 4) is 0 Å². The van der Waals surface area contributed by atoms with Crippen molar-refractivity contribution in [1.82, 2.24) is 9.97 Å². The molecule has 0 saturated carbocycles. The molecule has 0 bridgehead atoms. The van der Waals surface area contributed by atoms with E-state index in [-0.39, 0.29) is 6.61 Å². The summed E-state index contributed by atoms with van der Waals surface area (Å²) in [6.07, 6.45) is 0.698. The van der Waals surface area contributed by atoms with Crippen molar-refractivity contribution in [3.05, 3.63) is 54.6 Å². The van der Waals surface area contributed by atoms with E-state index in [0.29, 0.717) is 13.0 Å². The SMILES string of the molecule is OCCCNc1nc(N2CCN(c3ccccc3)CC2)nc2ccccc12. The highest BCUT2D eigenvalue weighted by Crippen LogP contribution is 2.25. The maximum absolute atomic E-state index is 9.05. The molecule has 1 aliphatic heterocycles. The number of hydrogen-bond donors (Lipinski definition) is 2. The van der Waals surface area contributed by atoms with E-state index in [0.717, 1.165) is 48.8 Å².